The van der Waals surface area contributed by atoms with Crippen LogP contribution in [0.1, 0.15) is 45.7 Å². The highest BCUT2D eigenvalue weighted by Crippen LogP contribution is 2.33. The molecule has 0 aliphatic carbocycles. The van der Waals surface area contributed by atoms with Crippen LogP contribution in [0.3, 0.4) is 0 Å². The molecule has 1 N–H and O–H groups in total. The van der Waals surface area contributed by atoms with Crippen molar-refractivity contribution in [1.82, 2.24) is 10.2 Å². The Morgan fingerprint density at radius 1 is 0.976 bits per heavy atom. The Morgan fingerprint density at radius 3 is 2.20 bits per heavy atom. The summed E-state index contributed by atoms with van der Waals surface area (Å²) in [6.45, 7) is 10.5. The summed E-state index contributed by atoms with van der Waals surface area (Å²) in [5.74, 6) is -0.640. The van der Waals surface area contributed by atoms with Crippen molar-refractivity contribution < 1.29 is 22.7 Å². The highest BCUT2D eigenvalue weighted by atomic mass is 35.5. The van der Waals surface area contributed by atoms with Gasteiger partial charge in [0.15, 0.2) is 0 Å². The lowest BCUT2D eigenvalue weighted by Crippen LogP contribution is -2.54. The summed E-state index contributed by atoms with van der Waals surface area (Å²) in [5.41, 5.74) is 1.20. The van der Waals surface area contributed by atoms with Gasteiger partial charge in [-0.15, -0.1) is 0 Å². The normalized spacial score (nSPS) is 12.4. The number of sulfonamides is 1. The van der Waals surface area contributed by atoms with E-state index in [1.54, 1.807) is 74.5 Å². The highest BCUT2D eigenvalue weighted by molar-refractivity contribution is 7.92. The Kier molecular flexibility index (Phi) is 10.4. The number of hydrogen-bond acceptors (Lipinski definition) is 5. The predicted octanol–water partition coefficient (Wildman–Crippen LogP) is 5.57. The number of benzene rings is 3. The molecule has 0 aliphatic rings. The van der Waals surface area contributed by atoms with Crippen LogP contribution in [0.15, 0.2) is 77.7 Å². The number of ether oxygens (including phenoxy) is 1. The zero-order valence-corrected chi connectivity index (χ0v) is 25.9. The number of nitrogens with one attached hydrogen (secondary N) is 1. The molecule has 0 spiro atoms. The maximum atomic E-state index is 14.1. The predicted molar refractivity (Wildman–Crippen MR) is 163 cm³/mol. The van der Waals surface area contributed by atoms with Gasteiger partial charge in [-0.25, -0.2) is 8.42 Å². The third-order valence-corrected chi connectivity index (χ3v) is 8.43. The minimum Gasteiger partial charge on any atom is -0.492 e. The Morgan fingerprint density at radius 2 is 1.59 bits per heavy atom. The minimum atomic E-state index is -4.22. The lowest BCUT2D eigenvalue weighted by atomic mass is 10.1. The first-order valence-electron chi connectivity index (χ1n) is 13.4. The lowest BCUT2D eigenvalue weighted by Gasteiger charge is -2.34. The molecule has 3 rings (SSSR count). The Bertz CT molecular complexity index is 1470. The number of aryl methyl sites for hydroxylation is 1. The third kappa shape index (κ3) is 8.24. The molecular weight excluding hydrogens is 562 g/mol. The maximum absolute atomic E-state index is 14.1. The van der Waals surface area contributed by atoms with Crippen molar-refractivity contribution in [2.75, 3.05) is 17.5 Å². The summed E-state index contributed by atoms with van der Waals surface area (Å²) in [5, 5.41) is 3.34. The summed E-state index contributed by atoms with van der Waals surface area (Å²) in [6.07, 6.45) is 0. The number of amides is 2. The van der Waals surface area contributed by atoms with Crippen LogP contribution < -0.4 is 14.4 Å². The van der Waals surface area contributed by atoms with Gasteiger partial charge in [-0.2, -0.15) is 0 Å². The molecule has 8 nitrogen and oxygen atoms in total. The molecule has 41 heavy (non-hydrogen) atoms. The summed E-state index contributed by atoms with van der Waals surface area (Å²) in [6, 6.07) is 19.2. The average molecular weight is 600 g/mol. The lowest BCUT2D eigenvalue weighted by molar-refractivity contribution is -0.140. The van der Waals surface area contributed by atoms with E-state index in [-0.39, 0.29) is 23.0 Å². The first-order valence-corrected chi connectivity index (χ1v) is 15.2. The van der Waals surface area contributed by atoms with Gasteiger partial charge < -0.3 is 15.0 Å². The second kappa shape index (κ2) is 13.4. The molecule has 0 saturated carbocycles. The molecule has 0 unspecified atom stereocenters. The number of para-hydroxylation sites is 2. The molecule has 220 valence electrons. The van der Waals surface area contributed by atoms with Crippen molar-refractivity contribution in [2.24, 2.45) is 0 Å². The van der Waals surface area contributed by atoms with E-state index in [9.17, 15) is 18.0 Å². The molecular formula is C31H38ClN3O5S. The van der Waals surface area contributed by atoms with Crippen molar-refractivity contribution >= 4 is 39.1 Å². The Hall–Kier alpha value is -3.56. The first-order chi connectivity index (χ1) is 19.2. The average Bonchev–Trinajstić information content (AvgIpc) is 2.90. The van der Waals surface area contributed by atoms with Crippen molar-refractivity contribution in [3.63, 3.8) is 0 Å². The summed E-state index contributed by atoms with van der Waals surface area (Å²) in [4.78, 5) is 28.7. The van der Waals surface area contributed by atoms with Crippen LogP contribution >= 0.6 is 11.6 Å². The Labute approximate surface area is 248 Å². The molecule has 0 bridgehead atoms. The molecule has 0 fully saturated rings. The van der Waals surface area contributed by atoms with Crippen molar-refractivity contribution in [2.45, 2.75) is 64.6 Å². The number of nitrogens with zero attached hydrogens (tertiary/aromatic N) is 2. The quantitative estimate of drug-likeness (QED) is 0.311. The van der Waals surface area contributed by atoms with E-state index in [0.29, 0.717) is 22.9 Å². The summed E-state index contributed by atoms with van der Waals surface area (Å²) < 4.78 is 34.9. The topological polar surface area (TPSA) is 96.0 Å². The zero-order chi connectivity index (χ0) is 30.4. The number of rotatable bonds is 11. The van der Waals surface area contributed by atoms with Crippen LogP contribution in [0.5, 0.6) is 5.75 Å². The fraction of sp³-hybridized carbons (Fsp3) is 0.355. The molecule has 0 heterocycles. The van der Waals surface area contributed by atoms with Crippen molar-refractivity contribution in [3.8, 4) is 5.75 Å². The number of carbonyl (C=O) groups excluding carboxylic acids is 2. The monoisotopic (exact) mass is 599 g/mol. The first kappa shape index (κ1) is 32.0. The van der Waals surface area contributed by atoms with Crippen molar-refractivity contribution in [3.05, 3.63) is 88.9 Å². The van der Waals surface area contributed by atoms with Gasteiger partial charge in [0, 0.05) is 17.1 Å². The molecule has 0 aromatic heterocycles. The molecule has 0 saturated heterocycles. The largest absolute Gasteiger partial charge is 0.492 e. The van der Waals surface area contributed by atoms with Gasteiger partial charge in [0.05, 0.1) is 17.2 Å². The summed E-state index contributed by atoms with van der Waals surface area (Å²) >= 11 is 6.42. The van der Waals surface area contributed by atoms with Gasteiger partial charge in [-0.3, -0.25) is 13.9 Å². The second-order valence-electron chi connectivity index (χ2n) is 10.8. The molecule has 10 heteroatoms. The van der Waals surface area contributed by atoms with Crippen molar-refractivity contribution in [1.29, 1.82) is 0 Å². The number of hydrogen-bond donors (Lipinski definition) is 1. The SMILES string of the molecule is CCOc1ccccc1N(CC(=O)N(Cc1ccccc1Cl)[C@@H](C)C(=O)NC(C)(C)C)S(=O)(=O)c1ccc(C)cc1. The van der Waals surface area contributed by atoms with Crippen LogP contribution in [-0.4, -0.2) is 49.9 Å². The van der Waals surface area contributed by atoms with Crippen LogP contribution in [0.25, 0.3) is 0 Å². The van der Waals surface area contributed by atoms with Gasteiger partial charge in [-0.05, 0) is 77.4 Å². The smallest absolute Gasteiger partial charge is 0.264 e. The Balaban J connectivity index is 2.10. The van der Waals surface area contributed by atoms with E-state index < -0.39 is 34.1 Å². The minimum absolute atomic E-state index is 0.00274. The van der Waals surface area contributed by atoms with Crippen LogP contribution in [-0.2, 0) is 26.2 Å². The molecule has 0 aliphatic heterocycles. The van der Waals surface area contributed by atoms with E-state index in [4.69, 9.17) is 16.3 Å². The van der Waals surface area contributed by atoms with Gasteiger partial charge >= 0.3 is 0 Å². The van der Waals surface area contributed by atoms with E-state index in [0.717, 1.165) is 9.87 Å². The molecule has 3 aromatic carbocycles. The van der Waals surface area contributed by atoms with E-state index in [1.807, 2.05) is 27.7 Å². The molecule has 0 radical (unpaired) electrons. The van der Waals surface area contributed by atoms with Gasteiger partial charge in [0.25, 0.3) is 10.0 Å². The van der Waals surface area contributed by atoms with Gasteiger partial charge in [0.1, 0.15) is 18.3 Å². The van der Waals surface area contributed by atoms with Crippen LogP contribution in [0.4, 0.5) is 5.69 Å². The molecule has 3 aromatic rings. The second-order valence-corrected chi connectivity index (χ2v) is 13.0. The number of carbonyl (C=O) groups is 2. The molecule has 1 atom stereocenters. The van der Waals surface area contributed by atoms with Crippen LogP contribution in [0.2, 0.25) is 5.02 Å². The van der Waals surface area contributed by atoms with Crippen LogP contribution in [0, 0.1) is 6.92 Å². The third-order valence-electron chi connectivity index (χ3n) is 6.29. The fourth-order valence-electron chi connectivity index (χ4n) is 4.16. The summed E-state index contributed by atoms with van der Waals surface area (Å²) in [7, 11) is -4.22. The molecule has 2 amide bonds. The highest BCUT2D eigenvalue weighted by Gasteiger charge is 2.34. The number of anilines is 1. The van der Waals surface area contributed by atoms with E-state index >= 15 is 0 Å². The standard InChI is InChI=1S/C31H38ClN3O5S/c1-7-40-28-15-11-10-14-27(28)35(41(38,39)25-18-16-22(2)17-19-25)21-29(36)34(20-24-12-8-9-13-26(24)32)23(3)30(37)33-31(4,5)6/h8-19,23H,7,20-21H2,1-6H3,(H,33,37)/t23-/m0/s1. The van der Waals surface area contributed by atoms with Gasteiger partial charge in [-0.1, -0.05) is 59.6 Å². The fourth-order valence-corrected chi connectivity index (χ4v) is 5.78. The number of halogens is 1. The zero-order valence-electron chi connectivity index (χ0n) is 24.3. The van der Waals surface area contributed by atoms with Gasteiger partial charge in [0.2, 0.25) is 11.8 Å². The maximum Gasteiger partial charge on any atom is 0.264 e. The van der Waals surface area contributed by atoms with E-state index in [1.165, 1.54) is 17.0 Å². The van der Waals surface area contributed by atoms with E-state index in [2.05, 4.69) is 5.32 Å².